The van der Waals surface area contributed by atoms with Gasteiger partial charge >= 0.3 is 0 Å². The molecule has 1 saturated carbocycles. The Hall–Kier alpha value is -3.55. The molecule has 4 N–H and O–H groups in total. The number of nitrogens with zero attached hydrogens (tertiary/aromatic N) is 5. The third kappa shape index (κ3) is 3.69. The fourth-order valence-electron chi connectivity index (χ4n) is 4.51. The van der Waals surface area contributed by atoms with E-state index in [9.17, 15) is 4.39 Å². The zero-order valence-corrected chi connectivity index (χ0v) is 17.1. The van der Waals surface area contributed by atoms with Gasteiger partial charge in [-0.1, -0.05) is 31.7 Å². The number of fused-ring (bicyclic) bond motifs is 1. The number of aromatic nitrogens is 5. The molecule has 0 spiro atoms. The summed E-state index contributed by atoms with van der Waals surface area (Å²) in [4.78, 5) is 13.0. The van der Waals surface area contributed by atoms with Crippen molar-refractivity contribution in [2.75, 3.05) is 11.5 Å². The van der Waals surface area contributed by atoms with E-state index < -0.39 is 0 Å². The summed E-state index contributed by atoms with van der Waals surface area (Å²) < 4.78 is 15.6. The van der Waals surface area contributed by atoms with Crippen molar-refractivity contribution in [3.63, 3.8) is 0 Å². The molecule has 0 atom stereocenters. The summed E-state index contributed by atoms with van der Waals surface area (Å²) >= 11 is 0. The van der Waals surface area contributed by atoms with Crippen molar-refractivity contribution in [1.29, 1.82) is 0 Å². The lowest BCUT2D eigenvalue weighted by Gasteiger charge is -2.10. The van der Waals surface area contributed by atoms with Crippen LogP contribution < -0.4 is 11.5 Å². The summed E-state index contributed by atoms with van der Waals surface area (Å²) in [6, 6.07) is 8.29. The molecule has 1 aromatic carbocycles. The molecule has 1 fully saturated rings. The lowest BCUT2D eigenvalue weighted by molar-refractivity contribution is 0.500. The SMILES string of the molecule is Nc1nc(-n2nc(CCC3CCCC3)c3cc(F)ccc32)nc(N)c1-c1cccnc1. The van der Waals surface area contributed by atoms with E-state index in [0.717, 1.165) is 40.9 Å². The molecule has 0 amide bonds. The predicted octanol–water partition coefficient (Wildman–Crippen LogP) is 4.30. The molecule has 3 aromatic heterocycles. The lowest BCUT2D eigenvalue weighted by Crippen LogP contribution is -2.10. The lowest BCUT2D eigenvalue weighted by atomic mass is 9.99. The van der Waals surface area contributed by atoms with E-state index in [4.69, 9.17) is 16.6 Å². The molecule has 7 nitrogen and oxygen atoms in total. The Morgan fingerprint density at radius 1 is 1.06 bits per heavy atom. The number of anilines is 2. The van der Waals surface area contributed by atoms with Gasteiger partial charge in [-0.3, -0.25) is 4.98 Å². The van der Waals surface area contributed by atoms with Crippen LogP contribution in [-0.2, 0) is 6.42 Å². The van der Waals surface area contributed by atoms with Crippen LogP contribution in [0.25, 0.3) is 28.0 Å². The van der Waals surface area contributed by atoms with Crippen LogP contribution in [0.15, 0.2) is 42.7 Å². The van der Waals surface area contributed by atoms with Crippen molar-refractivity contribution < 1.29 is 4.39 Å². The molecule has 4 aromatic rings. The minimum absolute atomic E-state index is 0.244. The minimum Gasteiger partial charge on any atom is -0.383 e. The Kier molecular flexibility index (Phi) is 4.97. The van der Waals surface area contributed by atoms with E-state index in [0.29, 0.717) is 5.56 Å². The number of aryl methyl sites for hydroxylation is 1. The minimum atomic E-state index is -0.291. The van der Waals surface area contributed by atoms with Crippen LogP contribution in [-0.4, -0.2) is 24.7 Å². The molecule has 0 bridgehead atoms. The number of nitrogen functional groups attached to an aromatic ring is 2. The first-order chi connectivity index (χ1) is 15.1. The maximum Gasteiger partial charge on any atom is 0.255 e. The average molecular weight is 417 g/mol. The van der Waals surface area contributed by atoms with Crippen LogP contribution in [0.3, 0.4) is 0 Å². The summed E-state index contributed by atoms with van der Waals surface area (Å²) in [6.45, 7) is 0. The number of hydrogen-bond acceptors (Lipinski definition) is 6. The van der Waals surface area contributed by atoms with E-state index in [-0.39, 0.29) is 23.4 Å². The van der Waals surface area contributed by atoms with Gasteiger partial charge in [-0.05, 0) is 43.0 Å². The maximum absolute atomic E-state index is 14.0. The zero-order valence-electron chi connectivity index (χ0n) is 17.1. The largest absolute Gasteiger partial charge is 0.383 e. The number of pyridine rings is 1. The Labute approximate surface area is 179 Å². The highest BCUT2D eigenvalue weighted by Crippen LogP contribution is 2.32. The smallest absolute Gasteiger partial charge is 0.255 e. The van der Waals surface area contributed by atoms with E-state index in [1.165, 1.54) is 37.8 Å². The molecule has 0 unspecified atom stereocenters. The van der Waals surface area contributed by atoms with Gasteiger partial charge in [-0.25, -0.2) is 4.39 Å². The van der Waals surface area contributed by atoms with Gasteiger partial charge < -0.3 is 11.5 Å². The van der Waals surface area contributed by atoms with Gasteiger partial charge in [0.2, 0.25) is 0 Å². The molecule has 0 aliphatic heterocycles. The molecule has 8 heteroatoms. The van der Waals surface area contributed by atoms with E-state index in [1.807, 2.05) is 6.07 Å². The molecule has 5 rings (SSSR count). The van der Waals surface area contributed by atoms with Crippen molar-refractivity contribution in [2.24, 2.45) is 5.92 Å². The normalized spacial score (nSPS) is 14.5. The number of rotatable bonds is 5. The monoisotopic (exact) mass is 417 g/mol. The topological polar surface area (TPSA) is 109 Å². The Balaban J connectivity index is 1.57. The van der Waals surface area contributed by atoms with Crippen molar-refractivity contribution in [2.45, 2.75) is 38.5 Å². The van der Waals surface area contributed by atoms with Gasteiger partial charge in [-0.15, -0.1) is 0 Å². The van der Waals surface area contributed by atoms with E-state index >= 15 is 0 Å². The van der Waals surface area contributed by atoms with Crippen molar-refractivity contribution in [1.82, 2.24) is 24.7 Å². The molecule has 0 saturated heterocycles. The Morgan fingerprint density at radius 2 is 1.84 bits per heavy atom. The van der Waals surface area contributed by atoms with E-state index in [1.54, 1.807) is 29.2 Å². The summed E-state index contributed by atoms with van der Waals surface area (Å²) in [7, 11) is 0. The van der Waals surface area contributed by atoms with Gasteiger partial charge in [0.1, 0.15) is 17.5 Å². The number of benzene rings is 1. The molecule has 158 valence electrons. The summed E-state index contributed by atoms with van der Waals surface area (Å²) in [5.41, 5.74) is 15.4. The molecular weight excluding hydrogens is 393 g/mol. The second kappa shape index (κ2) is 7.94. The first kappa shape index (κ1) is 19.4. The summed E-state index contributed by atoms with van der Waals surface area (Å²) in [5.74, 6) is 1.19. The van der Waals surface area contributed by atoms with Gasteiger partial charge in [0.05, 0.1) is 16.8 Å². The predicted molar refractivity (Wildman–Crippen MR) is 119 cm³/mol. The molecular formula is C23H24FN7. The van der Waals surface area contributed by atoms with Crippen LogP contribution in [0, 0.1) is 11.7 Å². The van der Waals surface area contributed by atoms with Crippen molar-refractivity contribution >= 4 is 22.5 Å². The van der Waals surface area contributed by atoms with Crippen LogP contribution >= 0.6 is 0 Å². The van der Waals surface area contributed by atoms with Crippen LogP contribution in [0.4, 0.5) is 16.0 Å². The Morgan fingerprint density at radius 3 is 2.55 bits per heavy atom. The Bertz CT molecular complexity index is 1210. The second-order valence-electron chi connectivity index (χ2n) is 8.12. The number of nitrogens with two attached hydrogens (primary N) is 2. The number of halogens is 1. The quantitative estimate of drug-likeness (QED) is 0.501. The van der Waals surface area contributed by atoms with Crippen LogP contribution in [0.2, 0.25) is 0 Å². The van der Waals surface area contributed by atoms with Gasteiger partial charge in [0.15, 0.2) is 0 Å². The summed E-state index contributed by atoms with van der Waals surface area (Å²) in [6.07, 6.45) is 10.3. The first-order valence-electron chi connectivity index (χ1n) is 10.6. The fraction of sp³-hybridized carbons (Fsp3) is 0.304. The highest BCUT2D eigenvalue weighted by Gasteiger charge is 2.20. The van der Waals surface area contributed by atoms with E-state index in [2.05, 4.69) is 15.0 Å². The molecule has 1 aliphatic carbocycles. The first-order valence-corrected chi connectivity index (χ1v) is 10.6. The van der Waals surface area contributed by atoms with Crippen molar-refractivity contribution in [3.8, 4) is 17.1 Å². The highest BCUT2D eigenvalue weighted by molar-refractivity contribution is 5.85. The van der Waals surface area contributed by atoms with Gasteiger partial charge in [0.25, 0.3) is 5.95 Å². The average Bonchev–Trinajstić information content (AvgIpc) is 3.40. The molecule has 31 heavy (non-hydrogen) atoms. The third-order valence-corrected chi connectivity index (χ3v) is 6.08. The third-order valence-electron chi connectivity index (χ3n) is 6.08. The molecule has 1 aliphatic rings. The highest BCUT2D eigenvalue weighted by atomic mass is 19.1. The second-order valence-corrected chi connectivity index (χ2v) is 8.12. The van der Waals surface area contributed by atoms with Crippen LogP contribution in [0.1, 0.15) is 37.8 Å². The molecule has 3 heterocycles. The van der Waals surface area contributed by atoms with Gasteiger partial charge in [0, 0.05) is 23.3 Å². The fourth-order valence-corrected chi connectivity index (χ4v) is 4.51. The standard InChI is InChI=1S/C23H24FN7/c24-16-8-10-19-17(12-16)18(9-7-14-4-1-2-5-14)30-31(19)23-28-21(25)20(22(26)29-23)15-6-3-11-27-13-15/h3,6,8,10-14H,1-2,4-5,7,9H2,(H4,25,26,28,29). The zero-order chi connectivity index (χ0) is 21.4. The maximum atomic E-state index is 14.0. The molecule has 0 radical (unpaired) electrons. The van der Waals surface area contributed by atoms with Gasteiger partial charge in [-0.2, -0.15) is 19.7 Å². The number of hydrogen-bond donors (Lipinski definition) is 2. The van der Waals surface area contributed by atoms with Crippen molar-refractivity contribution in [3.05, 3.63) is 54.2 Å². The summed E-state index contributed by atoms with van der Waals surface area (Å²) in [5, 5.41) is 5.52. The van der Waals surface area contributed by atoms with Crippen LogP contribution in [0.5, 0.6) is 0 Å².